The molecule has 0 saturated carbocycles. The number of unbranched alkanes of at least 4 members (excludes halogenated alkanes) is 5. The minimum absolute atomic E-state index is 0.249. The molecule has 0 radical (unpaired) electrons. The lowest BCUT2D eigenvalue weighted by Gasteiger charge is -2.26. The van der Waals surface area contributed by atoms with Gasteiger partial charge in [-0.3, -0.25) is 14.4 Å². The van der Waals surface area contributed by atoms with Crippen molar-refractivity contribution >= 4 is 40.3 Å². The summed E-state index contributed by atoms with van der Waals surface area (Å²) in [6.07, 6.45) is 7.16. The lowest BCUT2D eigenvalue weighted by molar-refractivity contribution is -0.155. The number of hydrogen-bond donors (Lipinski definition) is 2. The Morgan fingerprint density at radius 1 is 1.10 bits per heavy atom. The van der Waals surface area contributed by atoms with Gasteiger partial charge < -0.3 is 10.2 Å². The summed E-state index contributed by atoms with van der Waals surface area (Å²) in [6, 6.07) is 0. The Bertz CT molecular complexity index is 378. The van der Waals surface area contributed by atoms with E-state index in [0.29, 0.717) is 6.42 Å². The minimum Gasteiger partial charge on any atom is -0.480 e. The van der Waals surface area contributed by atoms with Gasteiger partial charge in [-0.2, -0.15) is 0 Å². The number of alkyl halides is 1. The molecule has 5 nitrogen and oxygen atoms in total. The predicted octanol–water partition coefficient (Wildman–Crippen LogP) is 3.45. The van der Waals surface area contributed by atoms with Crippen LogP contribution in [0.3, 0.4) is 0 Å². The third-order valence-electron chi connectivity index (χ3n) is 3.49. The third-order valence-corrected chi connectivity index (χ3v) is 5.17. The van der Waals surface area contributed by atoms with Gasteiger partial charge in [0.15, 0.2) is 5.78 Å². The molecule has 0 aromatic carbocycles. The van der Waals surface area contributed by atoms with Crippen LogP contribution in [0.4, 0.5) is 0 Å². The van der Waals surface area contributed by atoms with Crippen LogP contribution >= 0.6 is 22.6 Å². The van der Waals surface area contributed by atoms with Crippen molar-refractivity contribution in [2.75, 3.05) is 0 Å². The average molecular weight is 410 g/mol. The SMILES string of the molecule is C=CC(=O)C(CCCCCCCC)C(I)(C(=O)O)C(=O)O. The first kappa shape index (κ1) is 20.1. The first-order valence-electron chi connectivity index (χ1n) is 7.14. The zero-order valence-electron chi connectivity index (χ0n) is 12.3. The molecule has 0 aliphatic carbocycles. The number of allylic oxidation sites excluding steroid dienone is 1. The number of carboxylic acid groups (broad SMARTS) is 2. The van der Waals surface area contributed by atoms with Crippen molar-refractivity contribution in [3.05, 3.63) is 12.7 Å². The summed E-state index contributed by atoms with van der Waals surface area (Å²) in [7, 11) is 0. The van der Waals surface area contributed by atoms with Crippen molar-refractivity contribution in [1.82, 2.24) is 0 Å². The molecule has 120 valence electrons. The number of hydrogen-bond acceptors (Lipinski definition) is 3. The smallest absolute Gasteiger partial charge is 0.331 e. The molecule has 6 heteroatoms. The molecular weight excluding hydrogens is 387 g/mol. The summed E-state index contributed by atoms with van der Waals surface area (Å²) in [4.78, 5) is 34.5. The van der Waals surface area contributed by atoms with E-state index in [1.54, 1.807) is 0 Å². The Balaban J connectivity index is 4.81. The Hall–Kier alpha value is -0.920. The number of aliphatic carboxylic acids is 2. The number of rotatable bonds is 12. The summed E-state index contributed by atoms with van der Waals surface area (Å²) >= 11 is 1.36. The van der Waals surface area contributed by atoms with Gasteiger partial charge in [-0.25, -0.2) is 0 Å². The number of carbonyl (C=O) groups excluding carboxylic acids is 1. The summed E-state index contributed by atoms with van der Waals surface area (Å²) < 4.78 is -2.13. The Morgan fingerprint density at radius 3 is 2.00 bits per heavy atom. The fourth-order valence-electron chi connectivity index (χ4n) is 2.20. The molecule has 0 aromatic rings. The van der Waals surface area contributed by atoms with E-state index in [0.717, 1.165) is 38.2 Å². The number of halogens is 1. The van der Waals surface area contributed by atoms with Crippen LogP contribution in [0.1, 0.15) is 51.9 Å². The van der Waals surface area contributed by atoms with E-state index in [-0.39, 0.29) is 6.42 Å². The second-order valence-corrected chi connectivity index (χ2v) is 6.74. The second kappa shape index (κ2) is 9.92. The van der Waals surface area contributed by atoms with Crippen LogP contribution in [0.2, 0.25) is 0 Å². The van der Waals surface area contributed by atoms with Crippen molar-refractivity contribution < 1.29 is 24.6 Å². The number of carbonyl (C=O) groups is 3. The van der Waals surface area contributed by atoms with Crippen LogP contribution in [0.5, 0.6) is 0 Å². The molecule has 0 heterocycles. The monoisotopic (exact) mass is 410 g/mol. The molecule has 0 rings (SSSR count). The van der Waals surface area contributed by atoms with Gasteiger partial charge in [-0.15, -0.1) is 0 Å². The maximum Gasteiger partial charge on any atom is 0.331 e. The molecule has 0 spiro atoms. The molecule has 1 unspecified atom stereocenters. The summed E-state index contributed by atoms with van der Waals surface area (Å²) in [6.45, 7) is 5.46. The maximum absolute atomic E-state index is 11.9. The van der Waals surface area contributed by atoms with Crippen LogP contribution in [-0.4, -0.2) is 31.4 Å². The third kappa shape index (κ3) is 5.76. The molecule has 1 atom stereocenters. The summed E-state index contributed by atoms with van der Waals surface area (Å²) in [5.74, 6) is -4.61. The second-order valence-electron chi connectivity index (χ2n) is 5.04. The first-order valence-corrected chi connectivity index (χ1v) is 8.22. The van der Waals surface area contributed by atoms with Gasteiger partial charge in [0.25, 0.3) is 0 Å². The Labute approximate surface area is 138 Å². The summed E-state index contributed by atoms with van der Waals surface area (Å²) in [5, 5.41) is 18.4. The molecule has 0 bridgehead atoms. The van der Waals surface area contributed by atoms with Crippen LogP contribution in [-0.2, 0) is 14.4 Å². The quantitative estimate of drug-likeness (QED) is 0.169. The van der Waals surface area contributed by atoms with Gasteiger partial charge in [0, 0.05) is 0 Å². The standard InChI is InChI=1S/C15H23IO5/c1-3-5-6-7-8-9-10-11(12(17)4-2)15(16,13(18)19)14(20)21/h4,11H,2-3,5-10H2,1H3,(H,18,19)(H,20,21). The van der Waals surface area contributed by atoms with E-state index in [1.165, 1.54) is 22.6 Å². The van der Waals surface area contributed by atoms with Gasteiger partial charge >= 0.3 is 11.9 Å². The van der Waals surface area contributed by atoms with Crippen LogP contribution in [0, 0.1) is 5.92 Å². The number of carboxylic acids is 2. The fourth-order valence-corrected chi connectivity index (χ4v) is 2.82. The van der Waals surface area contributed by atoms with E-state index in [9.17, 15) is 24.6 Å². The van der Waals surface area contributed by atoms with Gasteiger partial charge in [-0.05, 0) is 12.5 Å². The highest BCUT2D eigenvalue weighted by molar-refractivity contribution is 14.1. The molecule has 0 aromatic heterocycles. The molecule has 0 amide bonds. The van der Waals surface area contributed by atoms with E-state index in [4.69, 9.17) is 0 Å². The van der Waals surface area contributed by atoms with Crippen molar-refractivity contribution in [3.8, 4) is 0 Å². The molecule has 0 fully saturated rings. The van der Waals surface area contributed by atoms with Gasteiger partial charge in [0.1, 0.15) is 0 Å². The van der Waals surface area contributed by atoms with Crippen LogP contribution in [0.15, 0.2) is 12.7 Å². The van der Waals surface area contributed by atoms with E-state index >= 15 is 0 Å². The van der Waals surface area contributed by atoms with Crippen molar-refractivity contribution in [1.29, 1.82) is 0 Å². The van der Waals surface area contributed by atoms with Gasteiger partial charge in [0.2, 0.25) is 3.42 Å². The van der Waals surface area contributed by atoms with Crippen LogP contribution in [0.25, 0.3) is 0 Å². The Kier molecular flexibility index (Phi) is 9.48. The lowest BCUT2D eigenvalue weighted by atomic mass is 9.84. The highest BCUT2D eigenvalue weighted by atomic mass is 127. The van der Waals surface area contributed by atoms with Crippen molar-refractivity contribution in [2.45, 2.75) is 55.3 Å². The van der Waals surface area contributed by atoms with Crippen molar-refractivity contribution in [2.24, 2.45) is 5.92 Å². The molecule has 0 saturated heterocycles. The predicted molar refractivity (Wildman–Crippen MR) is 88.7 cm³/mol. The zero-order valence-corrected chi connectivity index (χ0v) is 14.5. The molecule has 21 heavy (non-hydrogen) atoms. The zero-order chi connectivity index (χ0) is 16.5. The van der Waals surface area contributed by atoms with Gasteiger partial charge in [0.05, 0.1) is 5.92 Å². The lowest BCUT2D eigenvalue weighted by Crippen LogP contribution is -2.50. The Morgan fingerprint density at radius 2 is 1.57 bits per heavy atom. The summed E-state index contributed by atoms with van der Waals surface area (Å²) in [5.41, 5.74) is 0. The van der Waals surface area contributed by atoms with E-state index in [1.807, 2.05) is 0 Å². The maximum atomic E-state index is 11.9. The topological polar surface area (TPSA) is 91.7 Å². The number of ketones is 1. The molecular formula is C15H23IO5. The molecule has 0 aliphatic rings. The van der Waals surface area contributed by atoms with Gasteiger partial charge in [-0.1, -0.05) is 74.6 Å². The normalized spacial score (nSPS) is 12.7. The first-order chi connectivity index (χ1) is 9.82. The highest BCUT2D eigenvalue weighted by Gasteiger charge is 2.53. The van der Waals surface area contributed by atoms with Crippen molar-refractivity contribution in [3.63, 3.8) is 0 Å². The van der Waals surface area contributed by atoms with Crippen LogP contribution < -0.4 is 0 Å². The average Bonchev–Trinajstić information content (AvgIpc) is 2.44. The van der Waals surface area contributed by atoms with E-state index < -0.39 is 27.1 Å². The van der Waals surface area contributed by atoms with E-state index in [2.05, 4.69) is 13.5 Å². The molecule has 0 aliphatic heterocycles. The largest absolute Gasteiger partial charge is 0.480 e. The molecule has 2 N–H and O–H groups in total. The fraction of sp³-hybridized carbons (Fsp3) is 0.667. The highest BCUT2D eigenvalue weighted by Crippen LogP contribution is 2.34. The minimum atomic E-state index is -2.13.